The van der Waals surface area contributed by atoms with Crippen LogP contribution in [-0.4, -0.2) is 32.2 Å². The molecule has 1 saturated heterocycles. The average molecular weight is 256 g/mol. The molecule has 1 heterocycles. The van der Waals surface area contributed by atoms with Crippen LogP contribution in [0.5, 0.6) is 0 Å². The fourth-order valence-electron chi connectivity index (χ4n) is 1.92. The van der Waals surface area contributed by atoms with E-state index in [1.165, 1.54) is 0 Å². The molecule has 1 aromatic rings. The Hall–Kier alpha value is -1.53. The second kappa shape index (κ2) is 5.41. The molecule has 0 spiro atoms. The van der Waals surface area contributed by atoms with Gasteiger partial charge in [-0.05, 0) is 19.2 Å². The highest BCUT2D eigenvalue weighted by atomic mass is 19.1. The normalized spacial score (nSPS) is 23.1. The monoisotopic (exact) mass is 256 g/mol. The number of benzene rings is 1. The summed E-state index contributed by atoms with van der Waals surface area (Å²) in [4.78, 5) is 11.9. The summed E-state index contributed by atoms with van der Waals surface area (Å²) in [6.45, 7) is 0.703. The number of carbonyl (C=O) groups is 1. The van der Waals surface area contributed by atoms with Crippen molar-refractivity contribution in [3.63, 3.8) is 0 Å². The van der Waals surface area contributed by atoms with E-state index >= 15 is 0 Å². The van der Waals surface area contributed by atoms with Crippen molar-refractivity contribution in [1.29, 1.82) is 0 Å². The van der Waals surface area contributed by atoms with Gasteiger partial charge in [0.2, 0.25) is 5.91 Å². The highest BCUT2D eigenvalue weighted by molar-refractivity contribution is 5.93. The maximum atomic E-state index is 13.4. The van der Waals surface area contributed by atoms with Gasteiger partial charge in [-0.2, -0.15) is 0 Å². The van der Waals surface area contributed by atoms with Crippen LogP contribution in [-0.2, 0) is 9.53 Å². The fourth-order valence-corrected chi connectivity index (χ4v) is 1.92. The van der Waals surface area contributed by atoms with Gasteiger partial charge in [0, 0.05) is 12.1 Å². The van der Waals surface area contributed by atoms with E-state index in [2.05, 4.69) is 10.6 Å². The first-order valence-electron chi connectivity index (χ1n) is 5.62. The van der Waals surface area contributed by atoms with Gasteiger partial charge in [-0.1, -0.05) is 0 Å². The van der Waals surface area contributed by atoms with Crippen LogP contribution in [0.3, 0.4) is 0 Å². The molecule has 4 nitrogen and oxygen atoms in total. The Morgan fingerprint density at radius 3 is 2.89 bits per heavy atom. The molecule has 2 unspecified atom stereocenters. The highest BCUT2D eigenvalue weighted by Crippen LogP contribution is 2.19. The molecule has 18 heavy (non-hydrogen) atoms. The lowest BCUT2D eigenvalue weighted by Crippen LogP contribution is -2.39. The van der Waals surface area contributed by atoms with Gasteiger partial charge >= 0.3 is 0 Å². The minimum Gasteiger partial charge on any atom is -0.379 e. The first-order chi connectivity index (χ1) is 8.61. The summed E-state index contributed by atoms with van der Waals surface area (Å²) in [5.74, 6) is -2.04. The SMILES string of the molecule is CNC1COCC1C(=O)Nc1cc(F)ccc1F. The quantitative estimate of drug-likeness (QED) is 0.852. The zero-order chi connectivity index (χ0) is 13.1. The molecule has 0 aliphatic carbocycles. The number of ether oxygens (including phenoxy) is 1. The van der Waals surface area contributed by atoms with Crippen molar-refractivity contribution in [3.8, 4) is 0 Å². The lowest BCUT2D eigenvalue weighted by Gasteiger charge is -2.16. The molecule has 2 atom stereocenters. The Morgan fingerprint density at radius 2 is 2.17 bits per heavy atom. The molecule has 98 valence electrons. The number of nitrogens with one attached hydrogen (secondary N) is 2. The summed E-state index contributed by atoms with van der Waals surface area (Å²) in [5, 5.41) is 5.34. The van der Waals surface area contributed by atoms with Crippen molar-refractivity contribution in [1.82, 2.24) is 5.32 Å². The van der Waals surface area contributed by atoms with Crippen LogP contribution in [0, 0.1) is 17.6 Å². The molecule has 1 aliphatic heterocycles. The minimum atomic E-state index is -0.662. The molecule has 1 aromatic carbocycles. The Kier molecular flexibility index (Phi) is 3.88. The van der Waals surface area contributed by atoms with E-state index in [4.69, 9.17) is 4.74 Å². The van der Waals surface area contributed by atoms with E-state index in [0.29, 0.717) is 6.61 Å². The maximum Gasteiger partial charge on any atom is 0.231 e. The van der Waals surface area contributed by atoms with Crippen molar-refractivity contribution in [3.05, 3.63) is 29.8 Å². The molecule has 6 heteroatoms. The van der Waals surface area contributed by atoms with Gasteiger partial charge in [0.1, 0.15) is 11.6 Å². The highest BCUT2D eigenvalue weighted by Gasteiger charge is 2.33. The van der Waals surface area contributed by atoms with E-state index in [-0.39, 0.29) is 24.2 Å². The second-order valence-electron chi connectivity index (χ2n) is 4.15. The van der Waals surface area contributed by atoms with E-state index in [9.17, 15) is 13.6 Å². The molecule has 0 radical (unpaired) electrons. The second-order valence-corrected chi connectivity index (χ2v) is 4.15. The lowest BCUT2D eigenvalue weighted by molar-refractivity contribution is -0.120. The Morgan fingerprint density at radius 1 is 1.39 bits per heavy atom. The summed E-state index contributed by atoms with van der Waals surface area (Å²) in [6.07, 6.45) is 0. The van der Waals surface area contributed by atoms with E-state index < -0.39 is 17.6 Å². The zero-order valence-corrected chi connectivity index (χ0v) is 9.87. The maximum absolute atomic E-state index is 13.4. The third-order valence-electron chi connectivity index (χ3n) is 2.97. The summed E-state index contributed by atoms with van der Waals surface area (Å²) in [5.41, 5.74) is -0.151. The van der Waals surface area contributed by atoms with Crippen LogP contribution < -0.4 is 10.6 Å². The minimum absolute atomic E-state index is 0.110. The number of anilines is 1. The van der Waals surface area contributed by atoms with E-state index in [0.717, 1.165) is 18.2 Å². The molecule has 1 aliphatic rings. The molecule has 0 saturated carbocycles. The molecule has 2 rings (SSSR count). The number of hydrogen-bond donors (Lipinski definition) is 2. The van der Waals surface area contributed by atoms with Crippen LogP contribution in [0.2, 0.25) is 0 Å². The predicted molar refractivity (Wildman–Crippen MR) is 62.1 cm³/mol. The first-order valence-corrected chi connectivity index (χ1v) is 5.62. The van der Waals surface area contributed by atoms with Gasteiger partial charge in [0.05, 0.1) is 24.8 Å². The third kappa shape index (κ3) is 2.65. The summed E-state index contributed by atoms with van der Waals surface area (Å²) in [6, 6.07) is 2.82. The number of amides is 1. The predicted octanol–water partition coefficient (Wildman–Crippen LogP) is 1.14. The summed E-state index contributed by atoms with van der Waals surface area (Å²) in [7, 11) is 1.72. The number of likely N-dealkylation sites (N-methyl/N-ethyl adjacent to an activating group) is 1. The van der Waals surface area contributed by atoms with Crippen LogP contribution in [0.4, 0.5) is 14.5 Å². The number of carbonyl (C=O) groups excluding carboxylic acids is 1. The van der Waals surface area contributed by atoms with Crippen LogP contribution >= 0.6 is 0 Å². The van der Waals surface area contributed by atoms with Crippen molar-refractivity contribution >= 4 is 11.6 Å². The van der Waals surface area contributed by atoms with E-state index in [1.807, 2.05) is 0 Å². The van der Waals surface area contributed by atoms with Crippen molar-refractivity contribution in [2.75, 3.05) is 25.6 Å². The Labute approximate surface area is 103 Å². The van der Waals surface area contributed by atoms with Gasteiger partial charge in [0.15, 0.2) is 0 Å². The Bertz CT molecular complexity index is 454. The Balaban J connectivity index is 2.09. The number of hydrogen-bond acceptors (Lipinski definition) is 3. The van der Waals surface area contributed by atoms with Crippen LogP contribution in [0.15, 0.2) is 18.2 Å². The van der Waals surface area contributed by atoms with E-state index in [1.54, 1.807) is 7.05 Å². The standard InChI is InChI=1S/C12H14F2N2O2/c1-15-11-6-18-5-8(11)12(17)16-10-4-7(13)2-3-9(10)14/h2-4,8,11,15H,5-6H2,1H3,(H,16,17). The average Bonchev–Trinajstić information content (AvgIpc) is 2.82. The van der Waals surface area contributed by atoms with Crippen molar-refractivity contribution in [2.45, 2.75) is 6.04 Å². The molecule has 1 amide bonds. The van der Waals surface area contributed by atoms with Gasteiger partial charge < -0.3 is 15.4 Å². The topological polar surface area (TPSA) is 50.4 Å². The van der Waals surface area contributed by atoms with Gasteiger partial charge in [-0.25, -0.2) is 8.78 Å². The molecule has 1 fully saturated rings. The van der Waals surface area contributed by atoms with Crippen LogP contribution in [0.1, 0.15) is 0 Å². The third-order valence-corrected chi connectivity index (χ3v) is 2.97. The fraction of sp³-hybridized carbons (Fsp3) is 0.417. The number of rotatable bonds is 3. The van der Waals surface area contributed by atoms with Crippen molar-refractivity contribution in [2.24, 2.45) is 5.92 Å². The lowest BCUT2D eigenvalue weighted by atomic mass is 10.0. The molecular weight excluding hydrogens is 242 g/mol. The zero-order valence-electron chi connectivity index (χ0n) is 9.87. The summed E-state index contributed by atoms with van der Waals surface area (Å²) < 4.78 is 31.5. The molecule has 0 aromatic heterocycles. The first kappa shape index (κ1) is 12.9. The summed E-state index contributed by atoms with van der Waals surface area (Å²) >= 11 is 0. The van der Waals surface area contributed by atoms with Gasteiger partial charge in [-0.15, -0.1) is 0 Å². The van der Waals surface area contributed by atoms with Gasteiger partial charge in [-0.3, -0.25) is 4.79 Å². The van der Waals surface area contributed by atoms with Crippen molar-refractivity contribution < 1.29 is 18.3 Å². The number of halogens is 2. The van der Waals surface area contributed by atoms with Gasteiger partial charge in [0.25, 0.3) is 0 Å². The van der Waals surface area contributed by atoms with Crippen LogP contribution in [0.25, 0.3) is 0 Å². The molecule has 0 bridgehead atoms. The molecular formula is C12H14F2N2O2. The molecule has 2 N–H and O–H groups in total. The smallest absolute Gasteiger partial charge is 0.231 e. The largest absolute Gasteiger partial charge is 0.379 e.